The molecule has 0 saturated heterocycles. The minimum atomic E-state index is -0.371. The highest BCUT2D eigenvalue weighted by Gasteiger charge is 2.35. The van der Waals surface area contributed by atoms with E-state index in [0.717, 1.165) is 0 Å². The van der Waals surface area contributed by atoms with Gasteiger partial charge < -0.3 is 5.11 Å². The Morgan fingerprint density at radius 1 is 1.29 bits per heavy atom. The second kappa shape index (κ2) is 4.37. The number of aliphatic hydroxyl groups excluding tert-OH is 1. The van der Waals surface area contributed by atoms with E-state index >= 15 is 0 Å². The monoisotopic (exact) mass is 248 g/mol. The van der Waals surface area contributed by atoms with Crippen molar-refractivity contribution in [3.05, 3.63) is 41.0 Å². The van der Waals surface area contributed by atoms with E-state index in [4.69, 9.17) is 0 Å². The second-order valence-corrected chi connectivity index (χ2v) is 5.02. The topological polar surface area (TPSA) is 54.4 Å². The van der Waals surface area contributed by atoms with Gasteiger partial charge in [-0.2, -0.15) is 11.8 Å². The third-order valence-corrected chi connectivity index (χ3v) is 3.78. The Labute approximate surface area is 104 Å². The van der Waals surface area contributed by atoms with Crippen LogP contribution in [0.5, 0.6) is 0 Å². The predicted molar refractivity (Wildman–Crippen MR) is 68.3 cm³/mol. The summed E-state index contributed by atoms with van der Waals surface area (Å²) in [6.07, 6.45) is 1.80. The van der Waals surface area contributed by atoms with E-state index in [-0.39, 0.29) is 28.1 Å². The maximum Gasteiger partial charge on any atom is 0.201 e. The van der Waals surface area contributed by atoms with Crippen LogP contribution < -0.4 is 0 Å². The fraction of sp³-hybridized carbons (Fsp3) is 0.231. The molecular weight excluding hydrogens is 236 g/mol. The summed E-state index contributed by atoms with van der Waals surface area (Å²) in [6.45, 7) is 1.73. The number of Topliss-reactive ketones (excluding diaryl/α,β-unsaturated/α-hetero) is 2. The number of ketones is 2. The molecular formula is C13H12O3S. The van der Waals surface area contributed by atoms with Gasteiger partial charge in [0.05, 0.1) is 5.25 Å². The lowest BCUT2D eigenvalue weighted by Gasteiger charge is -2.06. The predicted octanol–water partition coefficient (Wildman–Crippen LogP) is 2.47. The highest BCUT2D eigenvalue weighted by molar-refractivity contribution is 7.99. The van der Waals surface area contributed by atoms with Gasteiger partial charge in [-0.15, -0.1) is 0 Å². The van der Waals surface area contributed by atoms with E-state index in [1.54, 1.807) is 37.4 Å². The van der Waals surface area contributed by atoms with Crippen molar-refractivity contribution in [2.24, 2.45) is 0 Å². The van der Waals surface area contributed by atoms with Crippen molar-refractivity contribution in [2.75, 3.05) is 6.26 Å². The van der Waals surface area contributed by atoms with Crippen molar-refractivity contribution >= 4 is 29.1 Å². The molecule has 3 nitrogen and oxygen atoms in total. The standard InChI is InChI=1S/C13H12O3S/c1-7(17-2)11(14)10-12(15)8-5-3-4-6-9(8)13(10)16/h3-7,15H,1-2H3. The third kappa shape index (κ3) is 1.78. The number of hydrogen-bond acceptors (Lipinski definition) is 4. The lowest BCUT2D eigenvalue weighted by molar-refractivity contribution is -0.114. The molecule has 0 saturated carbocycles. The molecule has 0 amide bonds. The number of fused-ring (bicyclic) bond motifs is 1. The summed E-state index contributed by atoms with van der Waals surface area (Å²) in [4.78, 5) is 24.0. The molecule has 4 heteroatoms. The molecule has 17 heavy (non-hydrogen) atoms. The molecule has 0 heterocycles. The van der Waals surface area contributed by atoms with Crippen molar-refractivity contribution in [3.8, 4) is 0 Å². The second-order valence-electron chi connectivity index (χ2n) is 3.84. The van der Waals surface area contributed by atoms with Gasteiger partial charge in [0.25, 0.3) is 0 Å². The summed E-state index contributed by atoms with van der Waals surface area (Å²) in [5.74, 6) is -0.864. The first kappa shape index (κ1) is 11.9. The Morgan fingerprint density at radius 3 is 2.41 bits per heavy atom. The van der Waals surface area contributed by atoms with Gasteiger partial charge in [0.2, 0.25) is 5.78 Å². The zero-order chi connectivity index (χ0) is 12.6. The summed E-state index contributed by atoms with van der Waals surface area (Å²) in [5.41, 5.74) is 0.781. The number of rotatable bonds is 3. The van der Waals surface area contributed by atoms with Crippen LogP contribution in [-0.2, 0) is 4.79 Å². The molecule has 0 bridgehead atoms. The van der Waals surface area contributed by atoms with E-state index in [0.29, 0.717) is 11.1 Å². The molecule has 2 rings (SSSR count). The van der Waals surface area contributed by atoms with Crippen molar-refractivity contribution in [1.29, 1.82) is 0 Å². The van der Waals surface area contributed by atoms with Crippen LogP contribution in [0.2, 0.25) is 0 Å². The normalized spacial score (nSPS) is 16.0. The first-order valence-corrected chi connectivity index (χ1v) is 6.51. The molecule has 0 fully saturated rings. The first-order valence-electron chi connectivity index (χ1n) is 5.22. The molecule has 1 N–H and O–H groups in total. The van der Waals surface area contributed by atoms with Gasteiger partial charge in [0.15, 0.2) is 5.78 Å². The average Bonchev–Trinajstić information content (AvgIpc) is 2.61. The van der Waals surface area contributed by atoms with Crippen LogP contribution in [-0.4, -0.2) is 28.2 Å². The maximum atomic E-state index is 12.0. The van der Waals surface area contributed by atoms with Crippen LogP contribution in [0.3, 0.4) is 0 Å². The number of thioether (sulfide) groups is 1. The largest absolute Gasteiger partial charge is 0.506 e. The average molecular weight is 248 g/mol. The minimum Gasteiger partial charge on any atom is -0.506 e. The highest BCUT2D eigenvalue weighted by Crippen LogP contribution is 2.32. The van der Waals surface area contributed by atoms with Gasteiger partial charge in [-0.1, -0.05) is 24.3 Å². The summed E-state index contributed by atoms with van der Waals surface area (Å²) in [6, 6.07) is 6.72. The molecule has 0 aromatic heterocycles. The summed E-state index contributed by atoms with van der Waals surface area (Å²) in [7, 11) is 0. The molecule has 0 radical (unpaired) electrons. The Morgan fingerprint density at radius 2 is 1.88 bits per heavy atom. The number of allylic oxidation sites excluding steroid dienone is 1. The molecule has 88 valence electrons. The van der Waals surface area contributed by atoms with Gasteiger partial charge in [0.1, 0.15) is 11.3 Å². The summed E-state index contributed by atoms with van der Waals surface area (Å²) >= 11 is 1.36. The van der Waals surface area contributed by atoms with Crippen LogP contribution in [0, 0.1) is 0 Å². The highest BCUT2D eigenvalue weighted by atomic mass is 32.2. The smallest absolute Gasteiger partial charge is 0.201 e. The maximum absolute atomic E-state index is 12.0. The Bertz CT molecular complexity index is 531. The SMILES string of the molecule is CSC(C)C(=O)C1=C(O)c2ccccc2C1=O. The third-order valence-electron chi connectivity index (χ3n) is 2.86. The number of aliphatic hydroxyl groups is 1. The molecule has 1 aromatic carbocycles. The quantitative estimate of drug-likeness (QED) is 0.835. The fourth-order valence-corrected chi connectivity index (χ4v) is 2.14. The molecule has 1 unspecified atom stereocenters. The van der Waals surface area contributed by atoms with Gasteiger partial charge in [-0.3, -0.25) is 9.59 Å². The van der Waals surface area contributed by atoms with Crippen molar-refractivity contribution in [3.63, 3.8) is 0 Å². The summed E-state index contributed by atoms with van der Waals surface area (Å²) in [5, 5.41) is 9.63. The fourth-order valence-electron chi connectivity index (χ4n) is 1.80. The molecule has 0 spiro atoms. The van der Waals surface area contributed by atoms with Gasteiger partial charge in [0, 0.05) is 11.1 Å². The lowest BCUT2D eigenvalue weighted by atomic mass is 10.0. The van der Waals surface area contributed by atoms with Gasteiger partial charge in [-0.25, -0.2) is 0 Å². The van der Waals surface area contributed by atoms with Crippen LogP contribution in [0.4, 0.5) is 0 Å². The van der Waals surface area contributed by atoms with E-state index in [1.807, 2.05) is 0 Å². The molecule has 0 aliphatic heterocycles. The number of hydrogen-bond donors (Lipinski definition) is 1. The zero-order valence-electron chi connectivity index (χ0n) is 9.56. The molecule has 1 aliphatic rings. The molecule has 1 aliphatic carbocycles. The van der Waals surface area contributed by atoms with Crippen LogP contribution in [0.1, 0.15) is 22.8 Å². The number of carbonyl (C=O) groups is 2. The Hall–Kier alpha value is -1.55. The molecule has 1 aromatic rings. The van der Waals surface area contributed by atoms with Crippen LogP contribution in [0.15, 0.2) is 29.8 Å². The van der Waals surface area contributed by atoms with Crippen molar-refractivity contribution in [2.45, 2.75) is 12.2 Å². The van der Waals surface area contributed by atoms with E-state index in [2.05, 4.69) is 0 Å². The molecule has 1 atom stereocenters. The first-order chi connectivity index (χ1) is 8.07. The minimum absolute atomic E-state index is 0.0759. The number of benzene rings is 1. The number of carbonyl (C=O) groups excluding carboxylic acids is 2. The Kier molecular flexibility index (Phi) is 3.07. The van der Waals surface area contributed by atoms with E-state index in [1.165, 1.54) is 11.8 Å². The zero-order valence-corrected chi connectivity index (χ0v) is 10.4. The van der Waals surface area contributed by atoms with Crippen molar-refractivity contribution < 1.29 is 14.7 Å². The lowest BCUT2D eigenvalue weighted by Crippen LogP contribution is -2.19. The Balaban J connectivity index is 2.49. The van der Waals surface area contributed by atoms with Crippen LogP contribution in [0.25, 0.3) is 5.76 Å². The van der Waals surface area contributed by atoms with E-state index < -0.39 is 0 Å². The van der Waals surface area contributed by atoms with Gasteiger partial charge in [-0.05, 0) is 13.2 Å². The van der Waals surface area contributed by atoms with Gasteiger partial charge >= 0.3 is 0 Å². The van der Waals surface area contributed by atoms with E-state index in [9.17, 15) is 14.7 Å². The van der Waals surface area contributed by atoms with Crippen molar-refractivity contribution in [1.82, 2.24) is 0 Å². The summed E-state index contributed by atoms with van der Waals surface area (Å²) < 4.78 is 0. The van der Waals surface area contributed by atoms with Crippen LogP contribution >= 0.6 is 11.8 Å².